The molecule has 0 saturated carbocycles. The molecule has 1 atom stereocenters. The van der Waals surface area contributed by atoms with Crippen LogP contribution in [0.3, 0.4) is 0 Å². The van der Waals surface area contributed by atoms with E-state index >= 15 is 0 Å². The SMILES string of the molecule is Cc1cc([N+](=O)[O-])cc(C)c1S(=O)(=O)N[C@H](CC(C)C)C(=O)O. The van der Waals surface area contributed by atoms with Gasteiger partial charge in [-0.1, -0.05) is 13.8 Å². The Labute approximate surface area is 134 Å². The van der Waals surface area contributed by atoms with Crippen LogP contribution in [0.2, 0.25) is 0 Å². The van der Waals surface area contributed by atoms with Crippen LogP contribution in [0.1, 0.15) is 31.4 Å². The molecule has 2 N–H and O–H groups in total. The van der Waals surface area contributed by atoms with Gasteiger partial charge in [0.15, 0.2) is 0 Å². The van der Waals surface area contributed by atoms with Gasteiger partial charge in [-0.25, -0.2) is 8.42 Å². The molecule has 0 bridgehead atoms. The van der Waals surface area contributed by atoms with E-state index in [4.69, 9.17) is 0 Å². The van der Waals surface area contributed by atoms with Gasteiger partial charge in [-0.15, -0.1) is 0 Å². The fourth-order valence-electron chi connectivity index (χ4n) is 2.37. The Morgan fingerprint density at radius 1 is 1.30 bits per heavy atom. The lowest BCUT2D eigenvalue weighted by Gasteiger charge is -2.18. The average molecular weight is 344 g/mol. The van der Waals surface area contributed by atoms with Crippen molar-refractivity contribution in [3.63, 3.8) is 0 Å². The van der Waals surface area contributed by atoms with Crippen LogP contribution in [0, 0.1) is 29.9 Å². The quantitative estimate of drug-likeness (QED) is 0.575. The van der Waals surface area contributed by atoms with Gasteiger partial charge in [0.05, 0.1) is 9.82 Å². The molecule has 1 rings (SSSR count). The standard InChI is InChI=1S/C14H20N2O6S/c1-8(2)5-12(14(17)18)15-23(21,22)13-9(3)6-11(16(19)20)7-10(13)4/h6-8,12,15H,5H2,1-4H3,(H,17,18)/t12-/m1/s1. The highest BCUT2D eigenvalue weighted by Gasteiger charge is 2.29. The number of carbonyl (C=O) groups is 1. The molecular formula is C14H20N2O6S. The summed E-state index contributed by atoms with van der Waals surface area (Å²) in [5.41, 5.74) is 0.173. The minimum atomic E-state index is -4.11. The second kappa shape index (κ2) is 7.05. The average Bonchev–Trinajstić information content (AvgIpc) is 2.35. The maximum atomic E-state index is 12.5. The molecule has 0 heterocycles. The third-order valence-electron chi connectivity index (χ3n) is 3.23. The van der Waals surface area contributed by atoms with Crippen LogP contribution in [0.25, 0.3) is 0 Å². The van der Waals surface area contributed by atoms with Gasteiger partial charge < -0.3 is 5.11 Å². The number of nitro benzene ring substituents is 1. The van der Waals surface area contributed by atoms with Gasteiger partial charge in [-0.3, -0.25) is 14.9 Å². The van der Waals surface area contributed by atoms with Gasteiger partial charge >= 0.3 is 5.97 Å². The first-order chi connectivity index (χ1) is 10.5. The minimum Gasteiger partial charge on any atom is -0.480 e. The van der Waals surface area contributed by atoms with Crippen LogP contribution in [-0.4, -0.2) is 30.5 Å². The molecule has 0 fully saturated rings. The maximum absolute atomic E-state index is 12.5. The lowest BCUT2D eigenvalue weighted by Crippen LogP contribution is -2.42. The number of hydrogen-bond donors (Lipinski definition) is 2. The summed E-state index contributed by atoms with van der Waals surface area (Å²) in [6.07, 6.45) is 0.139. The molecule has 0 radical (unpaired) electrons. The summed E-state index contributed by atoms with van der Waals surface area (Å²) in [7, 11) is -4.11. The molecule has 23 heavy (non-hydrogen) atoms. The zero-order valence-corrected chi connectivity index (χ0v) is 14.2. The van der Waals surface area contributed by atoms with E-state index in [-0.39, 0.29) is 34.0 Å². The first-order valence-corrected chi connectivity index (χ1v) is 8.44. The molecule has 0 spiro atoms. The third kappa shape index (κ3) is 4.73. The van der Waals surface area contributed by atoms with Crippen molar-refractivity contribution in [3.8, 4) is 0 Å². The van der Waals surface area contributed by atoms with Crippen molar-refractivity contribution >= 4 is 21.7 Å². The van der Waals surface area contributed by atoms with Crippen molar-refractivity contribution < 1.29 is 23.2 Å². The highest BCUT2D eigenvalue weighted by Crippen LogP contribution is 2.26. The minimum absolute atomic E-state index is 0.0159. The van der Waals surface area contributed by atoms with Crippen LogP contribution in [-0.2, 0) is 14.8 Å². The van der Waals surface area contributed by atoms with Crippen LogP contribution in [0.4, 0.5) is 5.69 Å². The largest absolute Gasteiger partial charge is 0.480 e. The molecule has 0 aliphatic carbocycles. The topological polar surface area (TPSA) is 127 Å². The van der Waals surface area contributed by atoms with Crippen molar-refractivity contribution in [2.75, 3.05) is 0 Å². The second-order valence-electron chi connectivity index (χ2n) is 5.81. The molecule has 1 aromatic rings. The number of hydrogen-bond acceptors (Lipinski definition) is 5. The van der Waals surface area contributed by atoms with Crippen LogP contribution in [0.15, 0.2) is 17.0 Å². The Bertz CT molecular complexity index is 704. The maximum Gasteiger partial charge on any atom is 0.321 e. The smallest absolute Gasteiger partial charge is 0.321 e. The molecule has 0 aromatic heterocycles. The fourth-order valence-corrected chi connectivity index (χ4v) is 4.03. The van der Waals surface area contributed by atoms with E-state index in [0.717, 1.165) is 12.1 Å². The molecule has 8 nitrogen and oxygen atoms in total. The van der Waals surface area contributed by atoms with E-state index in [2.05, 4.69) is 4.72 Å². The third-order valence-corrected chi connectivity index (χ3v) is 5.00. The fraction of sp³-hybridized carbons (Fsp3) is 0.500. The van der Waals surface area contributed by atoms with E-state index in [1.807, 2.05) is 0 Å². The Hall–Kier alpha value is -2.00. The highest BCUT2D eigenvalue weighted by molar-refractivity contribution is 7.89. The first kappa shape index (κ1) is 19.0. The normalized spacial score (nSPS) is 13.1. The summed E-state index contributed by atoms with van der Waals surface area (Å²) in [5, 5.41) is 20.0. The van der Waals surface area contributed by atoms with E-state index < -0.39 is 27.0 Å². The lowest BCUT2D eigenvalue weighted by atomic mass is 10.1. The Morgan fingerprint density at radius 2 is 1.78 bits per heavy atom. The zero-order chi connectivity index (χ0) is 17.9. The number of non-ortho nitro benzene ring substituents is 1. The number of nitrogens with zero attached hydrogens (tertiary/aromatic N) is 1. The molecule has 1 aromatic carbocycles. The predicted octanol–water partition coefficient (Wildman–Crippen LogP) is 1.99. The number of aliphatic carboxylic acids is 1. The summed E-state index contributed by atoms with van der Waals surface area (Å²) in [6, 6.07) is 1.05. The summed E-state index contributed by atoms with van der Waals surface area (Å²) < 4.78 is 27.2. The van der Waals surface area contributed by atoms with Crippen molar-refractivity contribution in [1.82, 2.24) is 4.72 Å². The number of benzene rings is 1. The van der Waals surface area contributed by atoms with Gasteiger partial charge in [0.25, 0.3) is 5.69 Å². The number of nitrogens with one attached hydrogen (secondary N) is 1. The van der Waals surface area contributed by atoms with Gasteiger partial charge in [0.2, 0.25) is 10.0 Å². The van der Waals surface area contributed by atoms with Crippen LogP contribution in [0.5, 0.6) is 0 Å². The molecule has 0 aliphatic rings. The molecular weight excluding hydrogens is 324 g/mol. The predicted molar refractivity (Wildman–Crippen MR) is 83.8 cm³/mol. The van der Waals surface area contributed by atoms with E-state index in [9.17, 15) is 28.4 Å². The van der Waals surface area contributed by atoms with E-state index in [1.165, 1.54) is 13.8 Å². The summed E-state index contributed by atoms with van der Waals surface area (Å²) in [5.74, 6) is -1.28. The van der Waals surface area contributed by atoms with Gasteiger partial charge in [0.1, 0.15) is 6.04 Å². The first-order valence-electron chi connectivity index (χ1n) is 6.96. The number of aryl methyl sites for hydroxylation is 2. The Morgan fingerprint density at radius 3 is 2.13 bits per heavy atom. The number of rotatable bonds is 7. The summed E-state index contributed by atoms with van der Waals surface area (Å²) in [6.45, 7) is 6.44. The van der Waals surface area contributed by atoms with Crippen molar-refractivity contribution in [2.24, 2.45) is 5.92 Å². The molecule has 128 valence electrons. The molecule has 0 saturated heterocycles. The summed E-state index contributed by atoms with van der Waals surface area (Å²) in [4.78, 5) is 21.3. The van der Waals surface area contributed by atoms with Crippen molar-refractivity contribution in [2.45, 2.75) is 45.1 Å². The van der Waals surface area contributed by atoms with Crippen LogP contribution >= 0.6 is 0 Å². The number of carboxylic acid groups (broad SMARTS) is 1. The van der Waals surface area contributed by atoms with Gasteiger partial charge in [-0.2, -0.15) is 4.72 Å². The molecule has 0 unspecified atom stereocenters. The van der Waals surface area contributed by atoms with E-state index in [0.29, 0.717) is 0 Å². The molecule has 9 heteroatoms. The van der Waals surface area contributed by atoms with Crippen molar-refractivity contribution in [1.29, 1.82) is 0 Å². The zero-order valence-electron chi connectivity index (χ0n) is 13.4. The summed E-state index contributed by atoms with van der Waals surface area (Å²) >= 11 is 0. The second-order valence-corrected chi connectivity index (χ2v) is 7.46. The number of nitro groups is 1. The monoisotopic (exact) mass is 344 g/mol. The van der Waals surface area contributed by atoms with Gasteiger partial charge in [0, 0.05) is 12.1 Å². The molecule has 0 aliphatic heterocycles. The Balaban J connectivity index is 3.28. The highest BCUT2D eigenvalue weighted by atomic mass is 32.2. The lowest BCUT2D eigenvalue weighted by molar-refractivity contribution is -0.385. The number of sulfonamides is 1. The molecule has 0 amide bonds. The van der Waals surface area contributed by atoms with Crippen LogP contribution < -0.4 is 4.72 Å². The van der Waals surface area contributed by atoms with Crippen molar-refractivity contribution in [3.05, 3.63) is 33.4 Å². The van der Waals surface area contributed by atoms with E-state index in [1.54, 1.807) is 13.8 Å². The number of carboxylic acids is 1. The Kier molecular flexibility index (Phi) is 5.84. The van der Waals surface area contributed by atoms with Gasteiger partial charge in [-0.05, 0) is 37.3 Å².